The van der Waals surface area contributed by atoms with Gasteiger partial charge in [0.25, 0.3) is 5.56 Å². The van der Waals surface area contributed by atoms with Crippen LogP contribution >= 0.6 is 0 Å². The first-order chi connectivity index (χ1) is 19.0. The Bertz CT molecular complexity index is 1580. The summed E-state index contributed by atoms with van der Waals surface area (Å²) in [6.07, 6.45) is 2.54. The molecule has 7 nitrogen and oxygen atoms in total. The summed E-state index contributed by atoms with van der Waals surface area (Å²) in [4.78, 5) is 18.8. The number of rotatable bonds is 11. The zero-order valence-corrected chi connectivity index (χ0v) is 23.0. The number of benzene rings is 3. The number of nitrogens with one attached hydrogen (secondary N) is 1. The van der Waals surface area contributed by atoms with Crippen molar-refractivity contribution in [3.05, 3.63) is 123 Å². The largest absolute Gasteiger partial charge is 0.321 e. The summed E-state index contributed by atoms with van der Waals surface area (Å²) < 4.78 is 1.92. The molecule has 5 rings (SSSR count). The Kier molecular flexibility index (Phi) is 8.27. The van der Waals surface area contributed by atoms with Crippen LogP contribution in [0.15, 0.2) is 83.7 Å². The summed E-state index contributed by atoms with van der Waals surface area (Å²) in [5.41, 5.74) is 6.42. The molecule has 0 bridgehead atoms. The average molecular weight is 521 g/mol. The quantitative estimate of drug-likeness (QED) is 0.246. The van der Waals surface area contributed by atoms with Gasteiger partial charge in [0.2, 0.25) is 0 Å². The van der Waals surface area contributed by atoms with Gasteiger partial charge < -0.3 is 4.98 Å². The van der Waals surface area contributed by atoms with E-state index in [1.807, 2.05) is 22.9 Å². The highest BCUT2D eigenvalue weighted by Crippen LogP contribution is 2.26. The Hall–Kier alpha value is -4.10. The van der Waals surface area contributed by atoms with Crippen LogP contribution in [0.5, 0.6) is 0 Å². The molecule has 3 aromatic carbocycles. The third-order valence-corrected chi connectivity index (χ3v) is 7.67. The molecule has 0 aliphatic heterocycles. The van der Waals surface area contributed by atoms with E-state index in [9.17, 15) is 4.79 Å². The SMILES string of the molecule is CCC(c1nnnn1CCc1ccccc1)N(CCc1ccccc1)Cc1cc2ccc(C)c(C)c2[nH]c1=O. The molecule has 1 unspecified atom stereocenters. The van der Waals surface area contributed by atoms with E-state index in [0.29, 0.717) is 13.1 Å². The normalized spacial score (nSPS) is 12.3. The predicted molar refractivity (Wildman–Crippen MR) is 156 cm³/mol. The number of tetrazole rings is 1. The van der Waals surface area contributed by atoms with Gasteiger partial charge in [0.15, 0.2) is 5.82 Å². The molecule has 0 aliphatic rings. The lowest BCUT2D eigenvalue weighted by molar-refractivity contribution is 0.171. The molecule has 0 spiro atoms. The molecule has 200 valence electrons. The highest BCUT2D eigenvalue weighted by atomic mass is 16.1. The molecule has 0 saturated heterocycles. The lowest BCUT2D eigenvalue weighted by Crippen LogP contribution is -2.34. The number of hydrogen-bond donors (Lipinski definition) is 1. The van der Waals surface area contributed by atoms with Gasteiger partial charge in [0.1, 0.15) is 0 Å². The fourth-order valence-electron chi connectivity index (χ4n) is 5.26. The first kappa shape index (κ1) is 26.5. The number of pyridine rings is 1. The lowest BCUT2D eigenvalue weighted by Gasteiger charge is -2.30. The van der Waals surface area contributed by atoms with Gasteiger partial charge in [-0.2, -0.15) is 0 Å². The van der Waals surface area contributed by atoms with Gasteiger partial charge in [0.05, 0.1) is 11.6 Å². The maximum atomic E-state index is 13.3. The molecular weight excluding hydrogens is 484 g/mol. The smallest absolute Gasteiger partial charge is 0.252 e. The second-order valence-corrected chi connectivity index (χ2v) is 10.2. The van der Waals surface area contributed by atoms with Crippen LogP contribution in [0, 0.1) is 13.8 Å². The van der Waals surface area contributed by atoms with Crippen LogP contribution in [-0.4, -0.2) is 36.6 Å². The minimum atomic E-state index is -0.0422. The molecule has 0 aliphatic carbocycles. The van der Waals surface area contributed by atoms with E-state index in [4.69, 9.17) is 0 Å². The standard InChI is InChI=1S/C32H36N6O/c1-4-29(31-34-35-36-38(31)20-18-26-13-9-6-10-14-26)37(19-17-25-11-7-5-8-12-25)22-28-21-27-16-15-23(2)24(3)30(27)33-32(28)39/h5-16,21,29H,4,17-20,22H2,1-3H3,(H,33,39). The Morgan fingerprint density at radius 3 is 2.31 bits per heavy atom. The van der Waals surface area contributed by atoms with Crippen molar-refractivity contribution in [1.29, 1.82) is 0 Å². The molecule has 7 heteroatoms. The number of H-pyrrole nitrogens is 1. The van der Waals surface area contributed by atoms with E-state index in [1.54, 1.807) is 0 Å². The summed E-state index contributed by atoms with van der Waals surface area (Å²) in [5, 5.41) is 13.9. The number of hydrogen-bond acceptors (Lipinski definition) is 5. The monoisotopic (exact) mass is 520 g/mol. The van der Waals surface area contributed by atoms with Crippen molar-refractivity contribution < 1.29 is 0 Å². The molecule has 5 aromatic rings. The van der Waals surface area contributed by atoms with E-state index >= 15 is 0 Å². The van der Waals surface area contributed by atoms with Crippen molar-refractivity contribution in [2.45, 2.75) is 59.2 Å². The van der Waals surface area contributed by atoms with Crippen LogP contribution in [0.4, 0.5) is 0 Å². The third kappa shape index (κ3) is 6.15. The second kappa shape index (κ2) is 12.2. The summed E-state index contributed by atoms with van der Waals surface area (Å²) in [6, 6.07) is 27.1. The van der Waals surface area contributed by atoms with E-state index in [0.717, 1.165) is 53.7 Å². The van der Waals surface area contributed by atoms with Crippen LogP contribution in [-0.2, 0) is 25.9 Å². The number of nitrogens with zero attached hydrogens (tertiary/aromatic N) is 5. The van der Waals surface area contributed by atoms with E-state index in [1.165, 1.54) is 16.7 Å². The van der Waals surface area contributed by atoms with Crippen LogP contribution < -0.4 is 5.56 Å². The number of fused-ring (bicyclic) bond motifs is 1. The van der Waals surface area contributed by atoms with Gasteiger partial charge in [-0.1, -0.05) is 79.7 Å². The van der Waals surface area contributed by atoms with Gasteiger partial charge in [0, 0.05) is 25.2 Å². The average Bonchev–Trinajstić information content (AvgIpc) is 3.43. The zero-order chi connectivity index (χ0) is 27.2. The van der Waals surface area contributed by atoms with Crippen LogP contribution in [0.3, 0.4) is 0 Å². The van der Waals surface area contributed by atoms with Gasteiger partial charge in [-0.15, -0.1) is 5.10 Å². The van der Waals surface area contributed by atoms with Gasteiger partial charge in [-0.25, -0.2) is 4.68 Å². The summed E-state index contributed by atoms with van der Waals surface area (Å²) in [7, 11) is 0. The molecule has 0 fully saturated rings. The van der Waals surface area contributed by atoms with Gasteiger partial charge in [-0.05, 0) is 77.2 Å². The summed E-state index contributed by atoms with van der Waals surface area (Å²) in [6.45, 7) is 8.27. The van der Waals surface area contributed by atoms with Crippen LogP contribution in [0.1, 0.15) is 53.0 Å². The predicted octanol–water partition coefficient (Wildman–Crippen LogP) is 5.57. The minimum Gasteiger partial charge on any atom is -0.321 e. The summed E-state index contributed by atoms with van der Waals surface area (Å²) in [5.74, 6) is 0.838. The Balaban J connectivity index is 1.45. The van der Waals surface area contributed by atoms with E-state index in [-0.39, 0.29) is 11.6 Å². The molecular formula is C32H36N6O. The number of aromatic nitrogens is 5. The van der Waals surface area contributed by atoms with Gasteiger partial charge in [-0.3, -0.25) is 9.69 Å². The molecule has 39 heavy (non-hydrogen) atoms. The Morgan fingerprint density at radius 2 is 1.62 bits per heavy atom. The third-order valence-electron chi connectivity index (χ3n) is 7.67. The number of aromatic amines is 1. The molecule has 0 radical (unpaired) electrons. The molecule has 2 aromatic heterocycles. The topological polar surface area (TPSA) is 79.7 Å². The van der Waals surface area contributed by atoms with Crippen molar-refractivity contribution >= 4 is 10.9 Å². The number of aryl methyl sites for hydroxylation is 4. The molecule has 1 N–H and O–H groups in total. The van der Waals surface area contributed by atoms with Crippen molar-refractivity contribution in [1.82, 2.24) is 30.1 Å². The Morgan fingerprint density at radius 1 is 0.923 bits per heavy atom. The van der Waals surface area contributed by atoms with Crippen molar-refractivity contribution in [3.8, 4) is 0 Å². The zero-order valence-electron chi connectivity index (χ0n) is 23.0. The van der Waals surface area contributed by atoms with Gasteiger partial charge >= 0.3 is 0 Å². The van der Waals surface area contributed by atoms with Crippen molar-refractivity contribution in [2.24, 2.45) is 0 Å². The lowest BCUT2D eigenvalue weighted by atomic mass is 10.0. The first-order valence-corrected chi connectivity index (χ1v) is 13.7. The molecule has 0 amide bonds. The molecule has 2 heterocycles. The fourth-order valence-corrected chi connectivity index (χ4v) is 5.26. The maximum absolute atomic E-state index is 13.3. The Labute approximate surface area is 229 Å². The first-order valence-electron chi connectivity index (χ1n) is 13.7. The second-order valence-electron chi connectivity index (χ2n) is 10.2. The minimum absolute atomic E-state index is 0.0330. The highest BCUT2D eigenvalue weighted by Gasteiger charge is 2.26. The van der Waals surface area contributed by atoms with Crippen molar-refractivity contribution in [3.63, 3.8) is 0 Å². The van der Waals surface area contributed by atoms with E-state index < -0.39 is 0 Å². The maximum Gasteiger partial charge on any atom is 0.252 e. The fraction of sp³-hybridized carbons (Fsp3) is 0.312. The highest BCUT2D eigenvalue weighted by molar-refractivity contribution is 5.83. The van der Waals surface area contributed by atoms with E-state index in [2.05, 4.69) is 107 Å². The molecule has 0 saturated carbocycles. The molecule has 1 atom stereocenters. The van der Waals surface area contributed by atoms with Crippen LogP contribution in [0.2, 0.25) is 0 Å². The summed E-state index contributed by atoms with van der Waals surface area (Å²) >= 11 is 0. The van der Waals surface area contributed by atoms with Crippen molar-refractivity contribution in [2.75, 3.05) is 6.54 Å². The van der Waals surface area contributed by atoms with Crippen LogP contribution in [0.25, 0.3) is 10.9 Å².